The Labute approximate surface area is 133 Å². The molecule has 21 heavy (non-hydrogen) atoms. The second kappa shape index (κ2) is 5.27. The van der Waals surface area contributed by atoms with Gasteiger partial charge in [-0.3, -0.25) is 8.22 Å². The van der Waals surface area contributed by atoms with Gasteiger partial charge >= 0.3 is 24.9 Å². The maximum atomic E-state index is 15.2. The molecular weight excluding hydrogens is 375 g/mol. The number of halogens is 2. The third-order valence-corrected chi connectivity index (χ3v) is 61.2. The first-order valence-corrected chi connectivity index (χ1v) is 26.6. The molecule has 0 radical (unpaired) electrons. The predicted molar refractivity (Wildman–Crippen MR) is 98.6 cm³/mol. The molecule has 1 aliphatic heterocycles. The standard InChI is InChI=1S/C10H30F2O3Si6/c1-16(2)13-17(3,4)19(7,8)18(5,6)15-21(10,12)20(9,11)14-16/h1-10H3. The van der Waals surface area contributed by atoms with Crippen LogP contribution < -0.4 is 0 Å². The highest BCUT2D eigenvalue weighted by Gasteiger charge is 2.68. The topological polar surface area (TPSA) is 27.7 Å². The summed E-state index contributed by atoms with van der Waals surface area (Å²) in [6.45, 7) is 19.3. The lowest BCUT2D eigenvalue weighted by Gasteiger charge is -2.48. The summed E-state index contributed by atoms with van der Waals surface area (Å²) in [6, 6.07) is 0. The Hall–Kier alpha value is 1.04. The molecule has 1 saturated heterocycles. The third-order valence-electron chi connectivity index (χ3n) is 5.19. The van der Waals surface area contributed by atoms with E-state index < -0.39 is 47.7 Å². The van der Waals surface area contributed by atoms with E-state index in [4.69, 9.17) is 12.3 Å². The highest BCUT2D eigenvalue weighted by molar-refractivity contribution is 7.67. The molecule has 1 aliphatic rings. The molecule has 3 nitrogen and oxygen atoms in total. The van der Waals surface area contributed by atoms with E-state index in [2.05, 4.69) is 26.2 Å². The molecule has 126 valence electrons. The summed E-state index contributed by atoms with van der Waals surface area (Å²) >= 11 is 0. The van der Waals surface area contributed by atoms with E-state index in [0.29, 0.717) is 0 Å². The molecule has 0 aromatic heterocycles. The van der Waals surface area contributed by atoms with Crippen LogP contribution in [0.15, 0.2) is 0 Å². The molecule has 1 heterocycles. The van der Waals surface area contributed by atoms with Gasteiger partial charge in [-0.15, -0.1) is 0 Å². The van der Waals surface area contributed by atoms with Crippen molar-refractivity contribution in [1.82, 2.24) is 0 Å². The lowest BCUT2D eigenvalue weighted by molar-refractivity contribution is 0.362. The van der Waals surface area contributed by atoms with E-state index in [1.807, 2.05) is 26.2 Å². The Morgan fingerprint density at radius 2 is 0.857 bits per heavy atom. The van der Waals surface area contributed by atoms with Gasteiger partial charge in [0.05, 0.1) is 7.11 Å². The van der Waals surface area contributed by atoms with E-state index in [9.17, 15) is 0 Å². The Balaban J connectivity index is 3.50. The van der Waals surface area contributed by atoms with E-state index in [-0.39, 0.29) is 0 Å². The summed E-state index contributed by atoms with van der Waals surface area (Å²) < 4.78 is 48.5. The SMILES string of the molecule is C[Si]1(C)O[Si](C)(C)[Si](C)(C)[Si](C)(C)O[Si](C)(F)[Si](C)(F)O1. The van der Waals surface area contributed by atoms with Gasteiger partial charge in [-0.2, -0.15) is 0 Å². The van der Waals surface area contributed by atoms with Gasteiger partial charge in [-0.25, -0.2) is 0 Å². The quantitative estimate of drug-likeness (QED) is 0.447. The molecule has 0 N–H and O–H groups in total. The first kappa shape index (κ1) is 20.1. The zero-order valence-corrected chi connectivity index (χ0v) is 21.0. The van der Waals surface area contributed by atoms with Crippen molar-refractivity contribution in [2.75, 3.05) is 0 Å². The van der Waals surface area contributed by atoms with Crippen LogP contribution in [0.5, 0.6) is 0 Å². The van der Waals surface area contributed by atoms with Crippen LogP contribution in [0, 0.1) is 0 Å². The molecule has 0 spiro atoms. The zero-order chi connectivity index (χ0) is 17.1. The van der Waals surface area contributed by atoms with Gasteiger partial charge in [0, 0.05) is 0 Å². The Morgan fingerprint density at radius 1 is 0.524 bits per heavy atom. The van der Waals surface area contributed by atoms with Gasteiger partial charge in [0.15, 0.2) is 15.7 Å². The predicted octanol–water partition coefficient (Wildman–Crippen LogP) is 4.19. The van der Waals surface area contributed by atoms with Gasteiger partial charge in [0.1, 0.15) is 0 Å². The van der Waals surface area contributed by atoms with Crippen molar-refractivity contribution < 1.29 is 20.6 Å². The smallest absolute Gasteiger partial charge is 0.420 e. The molecule has 0 aliphatic carbocycles. The average Bonchev–Trinajstić information content (AvgIpc) is 2.09. The second-order valence-corrected chi connectivity index (χ2v) is 48.0. The van der Waals surface area contributed by atoms with Gasteiger partial charge in [-0.1, -0.05) is 13.1 Å². The summed E-state index contributed by atoms with van der Waals surface area (Å²) in [4.78, 5) is 0. The fourth-order valence-electron chi connectivity index (χ4n) is 2.74. The van der Waals surface area contributed by atoms with Gasteiger partial charge in [-0.05, 0) is 52.4 Å². The van der Waals surface area contributed by atoms with Crippen LogP contribution in [0.25, 0.3) is 0 Å². The van der Waals surface area contributed by atoms with Crippen molar-refractivity contribution in [2.45, 2.75) is 65.5 Å². The number of hydrogen-bond acceptors (Lipinski definition) is 3. The normalized spacial score (nSPS) is 41.7. The van der Waals surface area contributed by atoms with Crippen LogP contribution in [0.4, 0.5) is 8.22 Å². The second-order valence-electron chi connectivity index (χ2n) is 8.19. The van der Waals surface area contributed by atoms with Crippen molar-refractivity contribution in [3.05, 3.63) is 0 Å². The van der Waals surface area contributed by atoms with E-state index in [0.717, 1.165) is 0 Å². The Bertz CT molecular complexity index is 425. The minimum absolute atomic E-state index is 1.32. The van der Waals surface area contributed by atoms with Crippen molar-refractivity contribution in [3.8, 4) is 0 Å². The van der Waals surface area contributed by atoms with E-state index in [1.54, 1.807) is 0 Å². The highest BCUT2D eigenvalue weighted by atomic mass is 29.7. The van der Waals surface area contributed by atoms with Gasteiger partial charge in [0.2, 0.25) is 0 Å². The monoisotopic (exact) mass is 404 g/mol. The van der Waals surface area contributed by atoms with Crippen LogP contribution in [-0.2, 0) is 12.3 Å². The minimum Gasteiger partial charge on any atom is -0.439 e. The summed E-state index contributed by atoms with van der Waals surface area (Å²) in [7, 11) is -17.1. The van der Waals surface area contributed by atoms with Crippen molar-refractivity contribution >= 4 is 47.7 Å². The average molecular weight is 405 g/mol. The number of rotatable bonds is 0. The molecule has 2 unspecified atom stereocenters. The fourth-order valence-corrected chi connectivity index (χ4v) is 58.1. The molecule has 0 aromatic carbocycles. The molecule has 1 rings (SSSR count). The zero-order valence-electron chi connectivity index (χ0n) is 15.0. The van der Waals surface area contributed by atoms with Crippen LogP contribution >= 0.6 is 0 Å². The molecule has 1 fully saturated rings. The summed E-state index contributed by atoms with van der Waals surface area (Å²) in [5.41, 5.74) is 0. The summed E-state index contributed by atoms with van der Waals surface area (Å²) in [5, 5.41) is 0. The first-order valence-electron chi connectivity index (χ1n) is 7.35. The molecule has 0 saturated carbocycles. The van der Waals surface area contributed by atoms with Gasteiger partial charge in [0.25, 0.3) is 0 Å². The number of hydrogen-bond donors (Lipinski definition) is 0. The summed E-state index contributed by atoms with van der Waals surface area (Å²) in [6.07, 6.45) is 0. The molecule has 2 atom stereocenters. The highest BCUT2D eigenvalue weighted by Crippen LogP contribution is 2.40. The lowest BCUT2D eigenvalue weighted by Crippen LogP contribution is -2.75. The van der Waals surface area contributed by atoms with Crippen molar-refractivity contribution in [2.24, 2.45) is 0 Å². The van der Waals surface area contributed by atoms with Crippen molar-refractivity contribution in [1.29, 1.82) is 0 Å². The first-order chi connectivity index (χ1) is 8.87. The minimum atomic E-state index is -4.02. The third kappa shape index (κ3) is 3.60. The fraction of sp³-hybridized carbons (Fsp3) is 1.00. The molecule has 0 bridgehead atoms. The van der Waals surface area contributed by atoms with Crippen LogP contribution in [0.2, 0.25) is 65.5 Å². The molecule has 11 heteroatoms. The maximum absolute atomic E-state index is 15.2. The molecular formula is C10H30F2O3Si6. The maximum Gasteiger partial charge on any atom is 0.420 e. The van der Waals surface area contributed by atoms with Crippen molar-refractivity contribution in [3.63, 3.8) is 0 Å². The molecule has 0 amide bonds. The van der Waals surface area contributed by atoms with Crippen LogP contribution in [0.3, 0.4) is 0 Å². The van der Waals surface area contributed by atoms with E-state index >= 15 is 8.22 Å². The largest absolute Gasteiger partial charge is 0.439 e. The van der Waals surface area contributed by atoms with Crippen LogP contribution in [0.1, 0.15) is 0 Å². The van der Waals surface area contributed by atoms with Gasteiger partial charge < -0.3 is 12.3 Å². The van der Waals surface area contributed by atoms with E-state index in [1.165, 1.54) is 13.1 Å². The van der Waals surface area contributed by atoms with Crippen LogP contribution in [-0.4, -0.2) is 47.7 Å². The Kier molecular flexibility index (Phi) is 5.04. The molecule has 0 aromatic rings. The Morgan fingerprint density at radius 3 is 1.29 bits per heavy atom. The lowest BCUT2D eigenvalue weighted by atomic mass is 11.9. The summed E-state index contributed by atoms with van der Waals surface area (Å²) in [5.74, 6) is 0.